The van der Waals surface area contributed by atoms with E-state index in [1.807, 2.05) is 43.3 Å². The molecule has 3 rings (SSSR count). The van der Waals surface area contributed by atoms with Crippen molar-refractivity contribution in [2.45, 2.75) is 13.5 Å². The van der Waals surface area contributed by atoms with Crippen LogP contribution in [0.2, 0.25) is 10.0 Å². The topological polar surface area (TPSA) is 59.6 Å². The number of carbonyl (C=O) groups is 1. The smallest absolute Gasteiger partial charge is 0.262 e. The van der Waals surface area contributed by atoms with Gasteiger partial charge in [-0.3, -0.25) is 4.79 Å². The molecule has 0 radical (unpaired) electrons. The summed E-state index contributed by atoms with van der Waals surface area (Å²) in [6, 6.07) is 20.2. The molecule has 7 heteroatoms. The highest BCUT2D eigenvalue weighted by atomic mass is 35.5. The van der Waals surface area contributed by atoms with Crippen LogP contribution in [0.3, 0.4) is 0 Å². The zero-order valence-electron chi connectivity index (χ0n) is 16.5. The van der Waals surface area contributed by atoms with Crippen LogP contribution in [-0.2, 0) is 11.3 Å². The number of rotatable bonds is 9. The number of para-hydroxylation sites is 2. The quantitative estimate of drug-likeness (QED) is 0.423. The fourth-order valence-corrected chi connectivity index (χ4v) is 3.13. The van der Waals surface area contributed by atoms with Gasteiger partial charge in [0, 0.05) is 6.54 Å². The van der Waals surface area contributed by atoms with Crippen molar-refractivity contribution in [3.63, 3.8) is 0 Å². The molecule has 0 bridgehead atoms. The molecule has 0 heterocycles. The fourth-order valence-electron chi connectivity index (χ4n) is 2.74. The van der Waals surface area contributed by atoms with Crippen LogP contribution in [-0.4, -0.2) is 19.1 Å². The Bertz CT molecular complexity index is 1010. The van der Waals surface area contributed by atoms with Gasteiger partial charge >= 0.3 is 0 Å². The summed E-state index contributed by atoms with van der Waals surface area (Å²) in [4.78, 5) is 12.2. The summed E-state index contributed by atoms with van der Waals surface area (Å²) < 4.78 is 11.4. The van der Waals surface area contributed by atoms with Crippen molar-refractivity contribution >= 4 is 40.5 Å². The van der Waals surface area contributed by atoms with Crippen LogP contribution in [0.1, 0.15) is 12.5 Å². The van der Waals surface area contributed by atoms with Gasteiger partial charge in [0.1, 0.15) is 0 Å². The Morgan fingerprint density at radius 3 is 2.20 bits per heavy atom. The first-order valence-electron chi connectivity index (χ1n) is 9.48. The van der Waals surface area contributed by atoms with E-state index >= 15 is 0 Å². The first-order chi connectivity index (χ1) is 14.6. The van der Waals surface area contributed by atoms with Gasteiger partial charge in [-0.2, -0.15) is 0 Å². The molecule has 0 aliphatic rings. The summed E-state index contributed by atoms with van der Waals surface area (Å²) in [7, 11) is 0. The Balaban J connectivity index is 1.62. The monoisotopic (exact) mass is 444 g/mol. The second kappa shape index (κ2) is 10.8. The average molecular weight is 445 g/mol. The lowest BCUT2D eigenvalue weighted by molar-refractivity contribution is -0.118. The number of hydrogen-bond acceptors (Lipinski definition) is 4. The zero-order chi connectivity index (χ0) is 21.3. The minimum Gasteiger partial charge on any atom is -0.490 e. The third-order valence-corrected chi connectivity index (χ3v) is 4.83. The van der Waals surface area contributed by atoms with Gasteiger partial charge in [-0.15, -0.1) is 0 Å². The van der Waals surface area contributed by atoms with E-state index in [0.29, 0.717) is 40.4 Å². The maximum Gasteiger partial charge on any atom is 0.262 e. The summed E-state index contributed by atoms with van der Waals surface area (Å²) in [5.41, 5.74) is 2.39. The van der Waals surface area contributed by atoms with E-state index in [0.717, 1.165) is 11.3 Å². The molecule has 2 N–H and O–H groups in total. The number of nitrogens with one attached hydrogen (secondary N) is 2. The molecule has 1 amide bonds. The number of anilines is 2. The van der Waals surface area contributed by atoms with Gasteiger partial charge in [-0.1, -0.05) is 53.5 Å². The van der Waals surface area contributed by atoms with Gasteiger partial charge in [-0.05, 0) is 48.9 Å². The van der Waals surface area contributed by atoms with Crippen LogP contribution in [0.15, 0.2) is 66.7 Å². The first-order valence-corrected chi connectivity index (χ1v) is 10.2. The largest absolute Gasteiger partial charge is 0.490 e. The maximum atomic E-state index is 12.2. The number of hydrogen-bond donors (Lipinski definition) is 2. The summed E-state index contributed by atoms with van der Waals surface area (Å²) >= 11 is 12.2. The summed E-state index contributed by atoms with van der Waals surface area (Å²) in [5.74, 6) is 0.754. The molecule has 0 aromatic heterocycles. The number of ether oxygens (including phenoxy) is 2. The lowest BCUT2D eigenvalue weighted by Crippen LogP contribution is -2.20. The van der Waals surface area contributed by atoms with Crippen molar-refractivity contribution in [1.82, 2.24) is 0 Å². The molecule has 0 atom stereocenters. The van der Waals surface area contributed by atoms with Crippen molar-refractivity contribution < 1.29 is 14.3 Å². The highest BCUT2D eigenvalue weighted by molar-refractivity contribution is 6.33. The SMILES string of the molecule is CCOc1cc(CNc2ccccc2Cl)ccc1OCC(=O)Nc1ccccc1Cl. The Labute approximate surface area is 185 Å². The molecule has 5 nitrogen and oxygen atoms in total. The molecule has 30 heavy (non-hydrogen) atoms. The Kier molecular flexibility index (Phi) is 7.82. The maximum absolute atomic E-state index is 12.2. The Hall–Kier alpha value is -2.89. The molecule has 3 aromatic carbocycles. The van der Waals surface area contributed by atoms with Crippen LogP contribution in [0.4, 0.5) is 11.4 Å². The van der Waals surface area contributed by atoms with Crippen LogP contribution in [0, 0.1) is 0 Å². The van der Waals surface area contributed by atoms with Crippen molar-refractivity contribution in [2.24, 2.45) is 0 Å². The lowest BCUT2D eigenvalue weighted by Gasteiger charge is -2.14. The molecule has 0 spiro atoms. The summed E-state index contributed by atoms with van der Waals surface area (Å²) in [6.45, 7) is 2.77. The Morgan fingerprint density at radius 1 is 0.867 bits per heavy atom. The molecule has 0 unspecified atom stereocenters. The Morgan fingerprint density at radius 2 is 1.53 bits per heavy atom. The number of benzene rings is 3. The van der Waals surface area contributed by atoms with Gasteiger partial charge in [0.25, 0.3) is 5.91 Å². The highest BCUT2D eigenvalue weighted by Gasteiger charge is 2.11. The molecule has 0 saturated carbocycles. The minimum atomic E-state index is -0.310. The zero-order valence-corrected chi connectivity index (χ0v) is 18.0. The van der Waals surface area contributed by atoms with Crippen molar-refractivity contribution in [1.29, 1.82) is 0 Å². The molecule has 0 aliphatic carbocycles. The molecular formula is C23H22Cl2N2O3. The predicted octanol–water partition coefficient (Wildman–Crippen LogP) is 6.02. The van der Waals surface area contributed by atoms with Gasteiger partial charge in [-0.25, -0.2) is 0 Å². The van der Waals surface area contributed by atoms with E-state index in [4.69, 9.17) is 32.7 Å². The molecule has 0 fully saturated rings. The molecule has 3 aromatic rings. The summed E-state index contributed by atoms with van der Waals surface area (Å²) in [5, 5.41) is 7.15. The van der Waals surface area contributed by atoms with Gasteiger partial charge in [0.2, 0.25) is 0 Å². The second-order valence-corrected chi connectivity index (χ2v) is 7.18. The van der Waals surface area contributed by atoms with E-state index < -0.39 is 0 Å². The summed E-state index contributed by atoms with van der Waals surface area (Å²) in [6.07, 6.45) is 0. The number of carbonyl (C=O) groups excluding carboxylic acids is 1. The molecule has 156 valence electrons. The fraction of sp³-hybridized carbons (Fsp3) is 0.174. The average Bonchev–Trinajstić information content (AvgIpc) is 2.74. The first kappa shape index (κ1) is 21.8. The third-order valence-electron chi connectivity index (χ3n) is 4.17. The van der Waals surface area contributed by atoms with Crippen LogP contribution in [0.25, 0.3) is 0 Å². The molecule has 0 aliphatic heterocycles. The van der Waals surface area contributed by atoms with E-state index in [1.165, 1.54) is 0 Å². The normalized spacial score (nSPS) is 10.4. The van der Waals surface area contributed by atoms with E-state index in [9.17, 15) is 4.79 Å². The van der Waals surface area contributed by atoms with Crippen molar-refractivity contribution in [3.8, 4) is 11.5 Å². The standard InChI is InChI=1S/C23H22Cl2N2O3/c1-2-29-22-13-16(14-26-19-9-5-3-7-17(19)24)11-12-21(22)30-15-23(28)27-20-10-6-4-8-18(20)25/h3-13,26H,2,14-15H2,1H3,(H,27,28). The number of halogens is 2. The van der Waals surface area contributed by atoms with Gasteiger partial charge in [0.15, 0.2) is 18.1 Å². The van der Waals surface area contributed by atoms with E-state index in [-0.39, 0.29) is 12.5 Å². The minimum absolute atomic E-state index is 0.164. The van der Waals surface area contributed by atoms with Crippen LogP contribution < -0.4 is 20.1 Å². The van der Waals surface area contributed by atoms with Crippen molar-refractivity contribution in [3.05, 3.63) is 82.3 Å². The van der Waals surface area contributed by atoms with Crippen LogP contribution >= 0.6 is 23.2 Å². The van der Waals surface area contributed by atoms with E-state index in [2.05, 4.69) is 10.6 Å². The second-order valence-electron chi connectivity index (χ2n) is 6.36. The third kappa shape index (κ3) is 6.05. The van der Waals surface area contributed by atoms with Gasteiger partial charge in [0.05, 0.1) is 28.0 Å². The molecule has 0 saturated heterocycles. The van der Waals surface area contributed by atoms with Gasteiger partial charge < -0.3 is 20.1 Å². The lowest BCUT2D eigenvalue weighted by atomic mass is 10.2. The highest BCUT2D eigenvalue weighted by Crippen LogP contribution is 2.30. The van der Waals surface area contributed by atoms with E-state index in [1.54, 1.807) is 30.3 Å². The number of amides is 1. The predicted molar refractivity (Wildman–Crippen MR) is 122 cm³/mol. The van der Waals surface area contributed by atoms with Crippen LogP contribution in [0.5, 0.6) is 11.5 Å². The van der Waals surface area contributed by atoms with Crippen molar-refractivity contribution in [2.75, 3.05) is 23.8 Å². The molecular weight excluding hydrogens is 423 g/mol.